The van der Waals surface area contributed by atoms with Crippen molar-refractivity contribution >= 4 is 16.9 Å². The molecule has 34 heavy (non-hydrogen) atoms. The molecule has 1 aliphatic heterocycles. The number of rotatable bonds is 5. The lowest BCUT2D eigenvalue weighted by Gasteiger charge is -2.30. The number of piperidine rings is 1. The second kappa shape index (κ2) is 8.95. The van der Waals surface area contributed by atoms with E-state index in [1.165, 1.54) is 16.7 Å². The van der Waals surface area contributed by atoms with Crippen LogP contribution in [-0.2, 0) is 0 Å². The molecule has 1 aromatic carbocycles. The maximum Gasteiger partial charge on any atom is 0.275 e. The fourth-order valence-corrected chi connectivity index (χ4v) is 4.61. The molecular weight excluding hydrogens is 430 g/mol. The lowest BCUT2D eigenvalue weighted by atomic mass is 9.88. The van der Waals surface area contributed by atoms with Crippen LogP contribution < -0.4 is 4.74 Å². The van der Waals surface area contributed by atoms with Crippen LogP contribution in [0.15, 0.2) is 47.3 Å². The SMILES string of the molecule is COc1cc(-c2cnc3[nH]cc(-c4nc(C(=O)N(C)C)co4)c3c2)ccc1C1CCN(C)CC1. The molecule has 0 radical (unpaired) electrons. The van der Waals surface area contributed by atoms with Crippen molar-refractivity contribution in [2.24, 2.45) is 0 Å². The van der Waals surface area contributed by atoms with Crippen LogP contribution in [0, 0.1) is 0 Å². The minimum absolute atomic E-state index is 0.203. The lowest BCUT2D eigenvalue weighted by molar-refractivity contribution is 0.0822. The first-order valence-electron chi connectivity index (χ1n) is 11.5. The Labute approximate surface area is 198 Å². The van der Waals surface area contributed by atoms with Gasteiger partial charge in [0, 0.05) is 37.4 Å². The minimum atomic E-state index is -0.203. The Kier molecular flexibility index (Phi) is 5.83. The number of oxazole rings is 1. The lowest BCUT2D eigenvalue weighted by Crippen LogP contribution is -2.29. The predicted molar refractivity (Wildman–Crippen MR) is 131 cm³/mol. The fraction of sp³-hybridized carbons (Fsp3) is 0.346. The van der Waals surface area contributed by atoms with Crippen LogP contribution in [0.4, 0.5) is 0 Å². The molecule has 8 heteroatoms. The zero-order valence-corrected chi connectivity index (χ0v) is 20.0. The summed E-state index contributed by atoms with van der Waals surface area (Å²) < 4.78 is 11.4. The summed E-state index contributed by atoms with van der Waals surface area (Å²) in [6.07, 6.45) is 7.33. The molecule has 4 aromatic rings. The molecule has 1 N–H and O–H groups in total. The molecule has 0 unspecified atom stereocenters. The van der Waals surface area contributed by atoms with E-state index in [0.717, 1.165) is 59.4 Å². The Morgan fingerprint density at radius 2 is 2.00 bits per heavy atom. The number of pyridine rings is 1. The van der Waals surface area contributed by atoms with Crippen LogP contribution in [0.3, 0.4) is 0 Å². The van der Waals surface area contributed by atoms with Gasteiger partial charge in [0.05, 0.1) is 12.7 Å². The second-order valence-electron chi connectivity index (χ2n) is 9.09. The van der Waals surface area contributed by atoms with Gasteiger partial charge in [0.1, 0.15) is 17.7 Å². The fourth-order valence-electron chi connectivity index (χ4n) is 4.61. The van der Waals surface area contributed by atoms with Crippen LogP contribution in [0.2, 0.25) is 0 Å². The third-order valence-corrected chi connectivity index (χ3v) is 6.62. The van der Waals surface area contributed by atoms with E-state index in [-0.39, 0.29) is 11.6 Å². The zero-order valence-electron chi connectivity index (χ0n) is 20.0. The molecule has 1 amide bonds. The third kappa shape index (κ3) is 4.05. The molecule has 176 valence electrons. The maximum atomic E-state index is 12.2. The molecule has 0 spiro atoms. The highest BCUT2D eigenvalue weighted by molar-refractivity contribution is 5.96. The second-order valence-corrected chi connectivity index (χ2v) is 9.09. The molecule has 5 rings (SSSR count). The number of carbonyl (C=O) groups excluding carboxylic acids is 1. The first kappa shape index (κ1) is 22.2. The van der Waals surface area contributed by atoms with E-state index in [0.29, 0.717) is 11.8 Å². The average Bonchev–Trinajstić information content (AvgIpc) is 3.50. The summed E-state index contributed by atoms with van der Waals surface area (Å²) in [5.41, 5.74) is 5.04. The number of fused-ring (bicyclic) bond motifs is 1. The monoisotopic (exact) mass is 459 g/mol. The van der Waals surface area contributed by atoms with Crippen molar-refractivity contribution in [3.63, 3.8) is 0 Å². The van der Waals surface area contributed by atoms with Crippen LogP contribution >= 0.6 is 0 Å². The smallest absolute Gasteiger partial charge is 0.275 e. The number of hydrogen-bond acceptors (Lipinski definition) is 6. The molecule has 1 fully saturated rings. The molecule has 1 aliphatic rings. The summed E-state index contributed by atoms with van der Waals surface area (Å²) in [6, 6.07) is 8.50. The summed E-state index contributed by atoms with van der Waals surface area (Å²) in [5.74, 6) is 1.61. The van der Waals surface area contributed by atoms with Crippen molar-refractivity contribution in [1.29, 1.82) is 0 Å². The van der Waals surface area contributed by atoms with Gasteiger partial charge in [0.25, 0.3) is 5.91 Å². The third-order valence-electron chi connectivity index (χ3n) is 6.62. The van der Waals surface area contributed by atoms with Crippen molar-refractivity contribution in [3.05, 3.63) is 54.2 Å². The molecule has 3 aromatic heterocycles. The van der Waals surface area contributed by atoms with Gasteiger partial charge < -0.3 is 23.9 Å². The Morgan fingerprint density at radius 3 is 2.74 bits per heavy atom. The van der Waals surface area contributed by atoms with Gasteiger partial charge in [0.15, 0.2) is 5.69 Å². The van der Waals surface area contributed by atoms with Crippen molar-refractivity contribution in [2.75, 3.05) is 41.3 Å². The number of nitrogens with one attached hydrogen (secondary N) is 1. The summed E-state index contributed by atoms with van der Waals surface area (Å²) >= 11 is 0. The minimum Gasteiger partial charge on any atom is -0.496 e. The Hall–Kier alpha value is -3.65. The molecule has 0 saturated carbocycles. The van der Waals surface area contributed by atoms with Crippen molar-refractivity contribution in [2.45, 2.75) is 18.8 Å². The number of hydrogen-bond donors (Lipinski definition) is 1. The van der Waals surface area contributed by atoms with Gasteiger partial charge in [0.2, 0.25) is 5.89 Å². The number of H-pyrrole nitrogens is 1. The standard InChI is InChI=1S/C26H29N5O3/c1-30(2)26(32)22-15-34-25(29-22)21-14-28-24-20(21)11-18(13-27-24)17-5-6-19(23(12-17)33-4)16-7-9-31(3)10-8-16/h5-6,11-16H,7-10H2,1-4H3,(H,27,28). The molecule has 4 heterocycles. The van der Waals surface area contributed by atoms with Gasteiger partial charge in [-0.1, -0.05) is 12.1 Å². The van der Waals surface area contributed by atoms with Crippen LogP contribution in [0.25, 0.3) is 33.6 Å². The van der Waals surface area contributed by atoms with E-state index in [9.17, 15) is 4.79 Å². The Balaban J connectivity index is 1.49. The number of benzene rings is 1. The number of likely N-dealkylation sites (tertiary alicyclic amines) is 1. The zero-order chi connectivity index (χ0) is 23.8. The topological polar surface area (TPSA) is 87.5 Å². The number of carbonyl (C=O) groups is 1. The summed E-state index contributed by atoms with van der Waals surface area (Å²) in [6.45, 7) is 2.21. The van der Waals surface area contributed by atoms with E-state index in [1.807, 2.05) is 6.20 Å². The summed E-state index contributed by atoms with van der Waals surface area (Å²) in [5, 5.41) is 0.876. The van der Waals surface area contributed by atoms with Gasteiger partial charge in [-0.05, 0) is 62.2 Å². The first-order chi connectivity index (χ1) is 16.4. The first-order valence-corrected chi connectivity index (χ1v) is 11.5. The Bertz CT molecular complexity index is 1330. The van der Waals surface area contributed by atoms with Crippen LogP contribution in [0.5, 0.6) is 5.75 Å². The van der Waals surface area contributed by atoms with Gasteiger partial charge in [-0.25, -0.2) is 9.97 Å². The maximum absolute atomic E-state index is 12.2. The van der Waals surface area contributed by atoms with Crippen LogP contribution in [0.1, 0.15) is 34.8 Å². The van der Waals surface area contributed by atoms with Gasteiger partial charge in [-0.2, -0.15) is 0 Å². The summed E-state index contributed by atoms with van der Waals surface area (Å²) in [4.78, 5) is 28.2. The van der Waals surface area contributed by atoms with E-state index in [1.54, 1.807) is 27.4 Å². The number of amides is 1. The van der Waals surface area contributed by atoms with E-state index in [2.05, 4.69) is 51.2 Å². The highest BCUT2D eigenvalue weighted by Crippen LogP contribution is 2.37. The molecule has 0 bridgehead atoms. The molecule has 1 saturated heterocycles. The largest absolute Gasteiger partial charge is 0.496 e. The number of aromatic amines is 1. The van der Waals surface area contributed by atoms with Gasteiger partial charge in [-0.3, -0.25) is 4.79 Å². The van der Waals surface area contributed by atoms with Crippen LogP contribution in [-0.4, -0.2) is 72.0 Å². The predicted octanol–water partition coefficient (Wildman–Crippen LogP) is 4.40. The molecule has 0 aliphatic carbocycles. The van der Waals surface area contributed by atoms with E-state index in [4.69, 9.17) is 9.15 Å². The molecular formula is C26H29N5O3. The normalized spacial score (nSPS) is 15.1. The highest BCUT2D eigenvalue weighted by atomic mass is 16.5. The van der Waals surface area contributed by atoms with Gasteiger partial charge >= 0.3 is 0 Å². The highest BCUT2D eigenvalue weighted by Gasteiger charge is 2.22. The van der Waals surface area contributed by atoms with Crippen molar-refractivity contribution in [1.82, 2.24) is 24.8 Å². The quantitative estimate of drug-likeness (QED) is 0.476. The number of nitrogens with zero attached hydrogens (tertiary/aromatic N) is 4. The van der Waals surface area contributed by atoms with Crippen molar-refractivity contribution in [3.8, 4) is 28.3 Å². The molecule has 8 nitrogen and oxygen atoms in total. The Morgan fingerprint density at radius 1 is 1.21 bits per heavy atom. The average molecular weight is 460 g/mol. The van der Waals surface area contributed by atoms with E-state index < -0.39 is 0 Å². The number of aromatic nitrogens is 3. The number of methoxy groups -OCH3 is 1. The molecule has 0 atom stereocenters. The van der Waals surface area contributed by atoms with Gasteiger partial charge in [-0.15, -0.1) is 0 Å². The van der Waals surface area contributed by atoms with E-state index >= 15 is 0 Å². The van der Waals surface area contributed by atoms with Crippen molar-refractivity contribution < 1.29 is 13.9 Å². The summed E-state index contributed by atoms with van der Waals surface area (Å²) in [7, 11) is 7.28. The number of ether oxygens (including phenoxy) is 1.